The maximum absolute atomic E-state index is 11.5. The molecule has 1 amide bonds. The SMILES string of the molecule is CC(C)C1CCSC(=NCCCC(=O)NC2CC2)N1. The molecule has 0 aromatic heterocycles. The lowest BCUT2D eigenvalue weighted by atomic mass is 10.0. The van der Waals surface area contributed by atoms with Crippen LogP contribution in [-0.2, 0) is 4.79 Å². The minimum absolute atomic E-state index is 0.187. The summed E-state index contributed by atoms with van der Waals surface area (Å²) in [5.74, 6) is 1.99. The molecule has 1 aliphatic carbocycles. The summed E-state index contributed by atoms with van der Waals surface area (Å²) < 4.78 is 0. The summed E-state index contributed by atoms with van der Waals surface area (Å²) >= 11 is 1.80. The Bertz CT molecular complexity index is 340. The van der Waals surface area contributed by atoms with E-state index < -0.39 is 0 Å². The van der Waals surface area contributed by atoms with Gasteiger partial charge >= 0.3 is 0 Å². The monoisotopic (exact) mass is 283 g/mol. The number of nitrogens with one attached hydrogen (secondary N) is 2. The van der Waals surface area contributed by atoms with Gasteiger partial charge in [-0.15, -0.1) is 0 Å². The molecular weight excluding hydrogens is 258 g/mol. The number of nitrogens with zero attached hydrogens (tertiary/aromatic N) is 1. The van der Waals surface area contributed by atoms with E-state index in [4.69, 9.17) is 0 Å². The highest BCUT2D eigenvalue weighted by molar-refractivity contribution is 8.13. The summed E-state index contributed by atoms with van der Waals surface area (Å²) in [7, 11) is 0. The van der Waals surface area contributed by atoms with Crippen LogP contribution < -0.4 is 10.6 Å². The summed E-state index contributed by atoms with van der Waals surface area (Å²) in [5.41, 5.74) is 0. The highest BCUT2D eigenvalue weighted by Gasteiger charge is 2.23. The molecule has 0 aromatic rings. The fourth-order valence-corrected chi connectivity index (χ4v) is 3.08. The zero-order chi connectivity index (χ0) is 13.7. The number of aliphatic imine (C=N–C) groups is 1. The van der Waals surface area contributed by atoms with Crippen LogP contribution in [0.2, 0.25) is 0 Å². The maximum Gasteiger partial charge on any atom is 0.220 e. The van der Waals surface area contributed by atoms with Crippen molar-refractivity contribution in [3.8, 4) is 0 Å². The van der Waals surface area contributed by atoms with Crippen molar-refractivity contribution < 1.29 is 4.79 Å². The van der Waals surface area contributed by atoms with Crippen LogP contribution in [0.1, 0.15) is 46.0 Å². The van der Waals surface area contributed by atoms with E-state index in [9.17, 15) is 4.79 Å². The summed E-state index contributed by atoms with van der Waals surface area (Å²) in [5, 5.41) is 7.56. The molecule has 2 fully saturated rings. The molecule has 1 saturated carbocycles. The van der Waals surface area contributed by atoms with E-state index in [1.54, 1.807) is 11.8 Å². The van der Waals surface area contributed by atoms with Crippen molar-refractivity contribution >= 4 is 22.8 Å². The van der Waals surface area contributed by atoms with Gasteiger partial charge in [0.15, 0.2) is 5.17 Å². The minimum Gasteiger partial charge on any atom is -0.362 e. The molecule has 0 aromatic carbocycles. The van der Waals surface area contributed by atoms with Crippen LogP contribution in [-0.4, -0.2) is 35.5 Å². The molecule has 2 aliphatic rings. The molecule has 1 heterocycles. The Morgan fingerprint density at radius 1 is 1.47 bits per heavy atom. The third-order valence-corrected chi connectivity index (χ3v) is 4.50. The smallest absolute Gasteiger partial charge is 0.220 e. The quantitative estimate of drug-likeness (QED) is 0.734. The Hall–Kier alpha value is -0.710. The first-order valence-corrected chi connectivity index (χ1v) is 8.37. The maximum atomic E-state index is 11.5. The van der Waals surface area contributed by atoms with Crippen LogP contribution in [0.4, 0.5) is 0 Å². The summed E-state index contributed by atoms with van der Waals surface area (Å²) in [4.78, 5) is 16.1. The normalized spacial score (nSPS) is 25.4. The van der Waals surface area contributed by atoms with E-state index >= 15 is 0 Å². The van der Waals surface area contributed by atoms with E-state index in [0.717, 1.165) is 36.7 Å². The molecule has 1 unspecified atom stereocenters. The molecule has 4 nitrogen and oxygen atoms in total. The van der Waals surface area contributed by atoms with Gasteiger partial charge in [0.05, 0.1) is 0 Å². The molecule has 5 heteroatoms. The Morgan fingerprint density at radius 3 is 2.95 bits per heavy atom. The molecule has 0 spiro atoms. The second-order valence-corrected chi connectivity index (χ2v) is 6.85. The Balaban J connectivity index is 1.62. The lowest BCUT2D eigenvalue weighted by Gasteiger charge is -2.28. The largest absolute Gasteiger partial charge is 0.362 e. The van der Waals surface area contributed by atoms with Crippen molar-refractivity contribution in [2.45, 2.75) is 58.0 Å². The van der Waals surface area contributed by atoms with Crippen LogP contribution in [0.5, 0.6) is 0 Å². The highest BCUT2D eigenvalue weighted by atomic mass is 32.2. The van der Waals surface area contributed by atoms with Crippen molar-refractivity contribution in [1.29, 1.82) is 0 Å². The second kappa shape index (κ2) is 7.17. The highest BCUT2D eigenvalue weighted by Crippen LogP contribution is 2.19. The standard InChI is InChI=1S/C14H25N3OS/c1-10(2)12-7-9-19-14(17-12)15-8-3-4-13(18)16-11-5-6-11/h10-12H,3-9H2,1-2H3,(H,15,17)(H,16,18). The van der Waals surface area contributed by atoms with Crippen molar-refractivity contribution in [3.63, 3.8) is 0 Å². The van der Waals surface area contributed by atoms with E-state index in [0.29, 0.717) is 24.4 Å². The van der Waals surface area contributed by atoms with Crippen LogP contribution in [0.3, 0.4) is 0 Å². The molecular formula is C14H25N3OS. The lowest BCUT2D eigenvalue weighted by Crippen LogP contribution is -2.41. The third-order valence-electron chi connectivity index (χ3n) is 3.54. The predicted molar refractivity (Wildman–Crippen MR) is 81.5 cm³/mol. The third kappa shape index (κ3) is 5.43. The topological polar surface area (TPSA) is 53.5 Å². The van der Waals surface area contributed by atoms with Gasteiger partial charge in [-0.1, -0.05) is 25.6 Å². The van der Waals surface area contributed by atoms with Crippen LogP contribution in [0, 0.1) is 5.92 Å². The molecule has 0 radical (unpaired) electrons. The summed E-state index contributed by atoms with van der Waals surface area (Å²) in [6.45, 7) is 5.24. The van der Waals surface area contributed by atoms with E-state index in [-0.39, 0.29) is 5.91 Å². The minimum atomic E-state index is 0.187. The van der Waals surface area contributed by atoms with Gasteiger partial charge in [0.1, 0.15) is 0 Å². The van der Waals surface area contributed by atoms with Gasteiger partial charge in [-0.25, -0.2) is 0 Å². The molecule has 2 N–H and O–H groups in total. The number of carbonyl (C=O) groups is 1. The Labute approximate surface area is 120 Å². The first-order chi connectivity index (χ1) is 9.15. The number of amides is 1. The van der Waals surface area contributed by atoms with Gasteiger partial charge in [-0.3, -0.25) is 9.79 Å². The average Bonchev–Trinajstić information content (AvgIpc) is 3.19. The first-order valence-electron chi connectivity index (χ1n) is 7.38. The van der Waals surface area contributed by atoms with Crippen molar-refractivity contribution in [2.24, 2.45) is 10.9 Å². The molecule has 1 saturated heterocycles. The molecule has 0 bridgehead atoms. The van der Waals surface area contributed by atoms with E-state index in [1.807, 2.05) is 0 Å². The molecule has 19 heavy (non-hydrogen) atoms. The number of rotatable bonds is 6. The van der Waals surface area contributed by atoms with E-state index in [1.165, 1.54) is 6.42 Å². The fraction of sp³-hybridized carbons (Fsp3) is 0.857. The van der Waals surface area contributed by atoms with Gasteiger partial charge in [-0.2, -0.15) is 0 Å². The van der Waals surface area contributed by atoms with Gasteiger partial charge in [0, 0.05) is 30.8 Å². The molecule has 108 valence electrons. The Morgan fingerprint density at radius 2 is 2.26 bits per heavy atom. The van der Waals surface area contributed by atoms with Gasteiger partial charge in [0.2, 0.25) is 5.91 Å². The first kappa shape index (κ1) is 14.7. The number of amidine groups is 1. The van der Waals surface area contributed by atoms with Crippen molar-refractivity contribution in [2.75, 3.05) is 12.3 Å². The molecule has 1 atom stereocenters. The second-order valence-electron chi connectivity index (χ2n) is 5.76. The Kier molecular flexibility index (Phi) is 5.55. The van der Waals surface area contributed by atoms with Crippen molar-refractivity contribution in [1.82, 2.24) is 10.6 Å². The van der Waals surface area contributed by atoms with Gasteiger partial charge in [0.25, 0.3) is 0 Å². The molecule has 1 aliphatic heterocycles. The summed E-state index contributed by atoms with van der Waals surface area (Å²) in [6.07, 6.45) is 4.98. The lowest BCUT2D eigenvalue weighted by molar-refractivity contribution is -0.121. The van der Waals surface area contributed by atoms with Crippen molar-refractivity contribution in [3.05, 3.63) is 0 Å². The van der Waals surface area contributed by atoms with E-state index in [2.05, 4.69) is 29.5 Å². The number of hydrogen-bond donors (Lipinski definition) is 2. The summed E-state index contributed by atoms with van der Waals surface area (Å²) in [6, 6.07) is 1.03. The van der Waals surface area contributed by atoms with Crippen LogP contribution in [0.15, 0.2) is 4.99 Å². The van der Waals surface area contributed by atoms with Gasteiger partial charge < -0.3 is 10.6 Å². The predicted octanol–water partition coefficient (Wildman–Crippen LogP) is 2.15. The zero-order valence-electron chi connectivity index (χ0n) is 11.9. The molecule has 2 rings (SSSR count). The number of carbonyl (C=O) groups excluding carboxylic acids is 1. The number of hydrogen-bond acceptors (Lipinski definition) is 3. The van der Waals surface area contributed by atoms with Crippen LogP contribution in [0.25, 0.3) is 0 Å². The fourth-order valence-electron chi connectivity index (χ4n) is 2.09. The average molecular weight is 283 g/mol. The number of thioether (sulfide) groups is 1. The van der Waals surface area contributed by atoms with Crippen LogP contribution >= 0.6 is 11.8 Å². The van der Waals surface area contributed by atoms with Gasteiger partial charge in [-0.05, 0) is 31.6 Å². The zero-order valence-corrected chi connectivity index (χ0v) is 12.8.